The first kappa shape index (κ1) is 18.8. The van der Waals surface area contributed by atoms with E-state index in [0.29, 0.717) is 24.3 Å². The van der Waals surface area contributed by atoms with Gasteiger partial charge in [0, 0.05) is 36.6 Å². The van der Waals surface area contributed by atoms with Gasteiger partial charge in [-0.05, 0) is 73.5 Å². The van der Waals surface area contributed by atoms with E-state index < -0.39 is 0 Å². The van der Waals surface area contributed by atoms with E-state index in [9.17, 15) is 9.18 Å². The topological polar surface area (TPSA) is 59.8 Å². The third-order valence-corrected chi connectivity index (χ3v) is 4.89. The summed E-state index contributed by atoms with van der Waals surface area (Å²) in [5, 5.41) is 3.98. The molecule has 0 aliphatic rings. The second-order valence-corrected chi connectivity index (χ2v) is 6.85. The van der Waals surface area contributed by atoms with Gasteiger partial charge in [-0.1, -0.05) is 0 Å². The summed E-state index contributed by atoms with van der Waals surface area (Å²) in [6.45, 7) is 3.03. The molecule has 0 aliphatic carbocycles. The maximum absolute atomic E-state index is 13.3. The van der Waals surface area contributed by atoms with Crippen LogP contribution >= 0.6 is 0 Å². The van der Waals surface area contributed by atoms with Crippen LogP contribution in [0.2, 0.25) is 0 Å². The van der Waals surface area contributed by atoms with Gasteiger partial charge >= 0.3 is 0 Å². The van der Waals surface area contributed by atoms with Crippen molar-refractivity contribution in [3.63, 3.8) is 0 Å². The van der Waals surface area contributed by atoms with Crippen molar-refractivity contribution in [2.24, 2.45) is 0 Å². The van der Waals surface area contributed by atoms with Crippen LogP contribution in [0.3, 0.4) is 0 Å². The van der Waals surface area contributed by atoms with E-state index in [0.717, 1.165) is 28.7 Å². The standard InChI is InChI=1S/C23H21FN4O/c1-16-20(6-3-11-25-16)23(29)27-13-4-14-28-21(17-7-9-19(24)10-8-17)15-18-5-2-12-26-22(18)28/h2-3,5-12,15H,4,13-14H2,1H3,(H,27,29). The van der Waals surface area contributed by atoms with Crippen LogP contribution in [0.4, 0.5) is 4.39 Å². The number of carbonyl (C=O) groups excluding carboxylic acids is 1. The normalized spacial score (nSPS) is 11.0. The zero-order chi connectivity index (χ0) is 20.2. The highest BCUT2D eigenvalue weighted by Gasteiger charge is 2.12. The lowest BCUT2D eigenvalue weighted by atomic mass is 10.1. The number of aryl methyl sites for hydroxylation is 2. The molecule has 1 N–H and O–H groups in total. The van der Waals surface area contributed by atoms with Gasteiger partial charge in [0.2, 0.25) is 0 Å². The summed E-state index contributed by atoms with van der Waals surface area (Å²) in [6, 6.07) is 16.0. The molecule has 6 heteroatoms. The zero-order valence-electron chi connectivity index (χ0n) is 16.1. The van der Waals surface area contributed by atoms with Crippen LogP contribution < -0.4 is 5.32 Å². The van der Waals surface area contributed by atoms with Crippen molar-refractivity contribution in [2.45, 2.75) is 19.9 Å². The molecule has 1 amide bonds. The summed E-state index contributed by atoms with van der Waals surface area (Å²) in [5.74, 6) is -0.382. The quantitative estimate of drug-likeness (QED) is 0.499. The molecule has 0 radical (unpaired) electrons. The van der Waals surface area contributed by atoms with Crippen molar-refractivity contribution in [2.75, 3.05) is 6.54 Å². The summed E-state index contributed by atoms with van der Waals surface area (Å²) in [7, 11) is 0. The number of nitrogens with zero attached hydrogens (tertiary/aromatic N) is 3. The predicted octanol–water partition coefficient (Wildman–Crippen LogP) is 4.37. The Kier molecular flexibility index (Phi) is 5.33. The first-order valence-electron chi connectivity index (χ1n) is 9.53. The third-order valence-electron chi connectivity index (χ3n) is 4.89. The SMILES string of the molecule is Cc1ncccc1C(=O)NCCCn1c(-c2ccc(F)cc2)cc2cccnc21. The zero-order valence-corrected chi connectivity index (χ0v) is 16.1. The number of carbonyl (C=O) groups is 1. The van der Waals surface area contributed by atoms with Gasteiger partial charge in [0.25, 0.3) is 5.91 Å². The largest absolute Gasteiger partial charge is 0.352 e. The minimum atomic E-state index is -0.261. The molecule has 0 unspecified atom stereocenters. The molecule has 1 aromatic carbocycles. The molecule has 29 heavy (non-hydrogen) atoms. The Labute approximate surface area is 168 Å². The van der Waals surface area contributed by atoms with Gasteiger partial charge in [0.15, 0.2) is 0 Å². The summed E-state index contributed by atoms with van der Waals surface area (Å²) < 4.78 is 15.5. The predicted molar refractivity (Wildman–Crippen MR) is 111 cm³/mol. The Hall–Kier alpha value is -3.54. The fourth-order valence-electron chi connectivity index (χ4n) is 3.43. The third kappa shape index (κ3) is 4.01. The molecule has 0 fully saturated rings. The number of benzene rings is 1. The maximum atomic E-state index is 13.3. The molecular weight excluding hydrogens is 367 g/mol. The van der Waals surface area contributed by atoms with E-state index in [1.54, 1.807) is 36.7 Å². The van der Waals surface area contributed by atoms with Crippen molar-refractivity contribution >= 4 is 16.9 Å². The van der Waals surface area contributed by atoms with Gasteiger partial charge in [0.1, 0.15) is 11.5 Å². The smallest absolute Gasteiger partial charge is 0.253 e. The van der Waals surface area contributed by atoms with E-state index >= 15 is 0 Å². The average Bonchev–Trinajstić information content (AvgIpc) is 3.10. The highest BCUT2D eigenvalue weighted by atomic mass is 19.1. The van der Waals surface area contributed by atoms with Crippen molar-refractivity contribution in [1.29, 1.82) is 0 Å². The molecule has 0 saturated carbocycles. The molecule has 4 rings (SSSR count). The summed E-state index contributed by atoms with van der Waals surface area (Å²) in [5.41, 5.74) is 4.09. The van der Waals surface area contributed by atoms with Crippen LogP contribution in [0, 0.1) is 12.7 Å². The van der Waals surface area contributed by atoms with Crippen molar-refractivity contribution < 1.29 is 9.18 Å². The van der Waals surface area contributed by atoms with Crippen LogP contribution in [-0.2, 0) is 6.54 Å². The van der Waals surface area contributed by atoms with Gasteiger partial charge in [-0.25, -0.2) is 9.37 Å². The van der Waals surface area contributed by atoms with Gasteiger partial charge in [-0.15, -0.1) is 0 Å². The lowest BCUT2D eigenvalue weighted by molar-refractivity contribution is 0.0951. The number of nitrogens with one attached hydrogen (secondary N) is 1. The Bertz CT molecular complexity index is 1150. The fraction of sp³-hybridized carbons (Fsp3) is 0.174. The van der Waals surface area contributed by atoms with Crippen molar-refractivity contribution in [3.05, 3.63) is 84.1 Å². The Morgan fingerprint density at radius 2 is 1.83 bits per heavy atom. The van der Waals surface area contributed by atoms with Gasteiger partial charge in [-0.3, -0.25) is 9.78 Å². The Morgan fingerprint density at radius 1 is 1.07 bits per heavy atom. The summed E-state index contributed by atoms with van der Waals surface area (Å²) in [4.78, 5) is 21.0. The molecule has 0 bridgehead atoms. The summed E-state index contributed by atoms with van der Waals surface area (Å²) in [6.07, 6.45) is 4.17. The highest BCUT2D eigenvalue weighted by Crippen LogP contribution is 2.27. The average molecular weight is 388 g/mol. The van der Waals surface area contributed by atoms with Gasteiger partial charge < -0.3 is 9.88 Å². The lowest BCUT2D eigenvalue weighted by Gasteiger charge is -2.11. The van der Waals surface area contributed by atoms with Gasteiger partial charge in [0.05, 0.1) is 11.3 Å². The van der Waals surface area contributed by atoms with E-state index in [1.165, 1.54) is 12.1 Å². The molecule has 0 aliphatic heterocycles. The number of aromatic nitrogens is 3. The van der Waals surface area contributed by atoms with E-state index in [2.05, 4.69) is 25.9 Å². The molecule has 0 atom stereocenters. The number of halogens is 1. The molecule has 5 nitrogen and oxygen atoms in total. The number of fused-ring (bicyclic) bond motifs is 1. The lowest BCUT2D eigenvalue weighted by Crippen LogP contribution is -2.26. The van der Waals surface area contributed by atoms with E-state index in [1.807, 2.05) is 19.1 Å². The molecule has 146 valence electrons. The number of rotatable bonds is 6. The van der Waals surface area contributed by atoms with Crippen LogP contribution in [-0.4, -0.2) is 27.0 Å². The molecule has 0 saturated heterocycles. The first-order chi connectivity index (χ1) is 14.1. The number of hydrogen-bond donors (Lipinski definition) is 1. The second-order valence-electron chi connectivity index (χ2n) is 6.85. The van der Waals surface area contributed by atoms with Crippen molar-refractivity contribution in [1.82, 2.24) is 19.9 Å². The minimum absolute atomic E-state index is 0.121. The molecular formula is C23H21FN4O. The maximum Gasteiger partial charge on any atom is 0.253 e. The molecule has 0 spiro atoms. The highest BCUT2D eigenvalue weighted by molar-refractivity contribution is 5.95. The van der Waals surface area contributed by atoms with E-state index in [-0.39, 0.29) is 11.7 Å². The van der Waals surface area contributed by atoms with Gasteiger partial charge in [-0.2, -0.15) is 0 Å². The summed E-state index contributed by atoms with van der Waals surface area (Å²) >= 11 is 0. The Morgan fingerprint density at radius 3 is 2.62 bits per heavy atom. The van der Waals surface area contributed by atoms with Crippen LogP contribution in [0.5, 0.6) is 0 Å². The molecule has 3 aromatic heterocycles. The number of hydrogen-bond acceptors (Lipinski definition) is 3. The van der Waals surface area contributed by atoms with E-state index in [4.69, 9.17) is 0 Å². The minimum Gasteiger partial charge on any atom is -0.352 e. The van der Waals surface area contributed by atoms with Crippen LogP contribution in [0.1, 0.15) is 22.5 Å². The molecule has 3 heterocycles. The van der Waals surface area contributed by atoms with Crippen LogP contribution in [0.15, 0.2) is 67.0 Å². The second kappa shape index (κ2) is 8.22. The molecule has 4 aromatic rings. The number of amides is 1. The fourth-order valence-corrected chi connectivity index (χ4v) is 3.43. The van der Waals surface area contributed by atoms with Crippen LogP contribution in [0.25, 0.3) is 22.3 Å². The Balaban J connectivity index is 1.50. The monoisotopic (exact) mass is 388 g/mol. The first-order valence-corrected chi connectivity index (χ1v) is 9.53. The van der Waals surface area contributed by atoms with Crippen molar-refractivity contribution in [3.8, 4) is 11.3 Å². The number of pyridine rings is 2.